The first-order chi connectivity index (χ1) is 8.31. The van der Waals surface area contributed by atoms with Gasteiger partial charge in [0.05, 0.1) is 0 Å². The van der Waals surface area contributed by atoms with Crippen molar-refractivity contribution < 1.29 is 9.13 Å². The molecular weight excluding hydrogens is 219 g/mol. The van der Waals surface area contributed by atoms with Crippen LogP contribution < -0.4 is 4.74 Å². The van der Waals surface area contributed by atoms with Gasteiger partial charge in [-0.3, -0.25) is 0 Å². The summed E-state index contributed by atoms with van der Waals surface area (Å²) < 4.78 is 18.7. The fraction of sp³-hybridized carbons (Fsp3) is 0.0769. The van der Waals surface area contributed by atoms with E-state index in [-0.39, 0.29) is 18.1 Å². The van der Waals surface area contributed by atoms with Gasteiger partial charge in [-0.05, 0) is 18.2 Å². The van der Waals surface area contributed by atoms with Gasteiger partial charge in [0.2, 0.25) is 0 Å². The highest BCUT2D eigenvalue weighted by molar-refractivity contribution is 5.36. The molecule has 1 aromatic carbocycles. The fourth-order valence-electron chi connectivity index (χ4n) is 1.36. The van der Waals surface area contributed by atoms with Gasteiger partial charge >= 0.3 is 0 Å². The minimum atomic E-state index is -0.324. The Morgan fingerprint density at radius 2 is 2.06 bits per heavy atom. The van der Waals surface area contributed by atoms with Crippen LogP contribution >= 0.6 is 0 Å². The van der Waals surface area contributed by atoms with E-state index in [4.69, 9.17) is 10.00 Å². The van der Waals surface area contributed by atoms with Crippen LogP contribution in [-0.4, -0.2) is 4.98 Å². The Kier molecular flexibility index (Phi) is 3.31. The molecule has 4 heteroatoms. The first-order valence-electron chi connectivity index (χ1n) is 5.02. The lowest BCUT2D eigenvalue weighted by atomic mass is 10.2. The van der Waals surface area contributed by atoms with Crippen molar-refractivity contribution in [3.8, 4) is 11.8 Å². The lowest BCUT2D eigenvalue weighted by molar-refractivity contribution is 0.297. The second-order valence-electron chi connectivity index (χ2n) is 3.34. The lowest BCUT2D eigenvalue weighted by Gasteiger charge is -2.07. The molecule has 84 valence electrons. The van der Waals surface area contributed by atoms with Crippen molar-refractivity contribution in [2.75, 3.05) is 0 Å². The predicted molar refractivity (Wildman–Crippen MR) is 59.7 cm³/mol. The zero-order valence-electron chi connectivity index (χ0n) is 8.93. The van der Waals surface area contributed by atoms with Crippen molar-refractivity contribution >= 4 is 0 Å². The van der Waals surface area contributed by atoms with Crippen LogP contribution in [0.1, 0.15) is 11.3 Å². The van der Waals surface area contributed by atoms with Crippen LogP contribution in [0.25, 0.3) is 0 Å². The minimum Gasteiger partial charge on any atom is -0.486 e. The Labute approximate surface area is 98.1 Å². The first kappa shape index (κ1) is 11.1. The van der Waals surface area contributed by atoms with Crippen molar-refractivity contribution in [2.45, 2.75) is 6.61 Å². The number of pyridine rings is 1. The molecule has 0 radical (unpaired) electrons. The van der Waals surface area contributed by atoms with Gasteiger partial charge in [-0.25, -0.2) is 9.37 Å². The second-order valence-corrected chi connectivity index (χ2v) is 3.34. The van der Waals surface area contributed by atoms with Crippen LogP contribution in [-0.2, 0) is 6.61 Å². The molecule has 0 spiro atoms. The van der Waals surface area contributed by atoms with Gasteiger partial charge in [-0.15, -0.1) is 0 Å². The normalized spacial score (nSPS) is 9.65. The third-order valence-corrected chi connectivity index (χ3v) is 2.22. The molecule has 0 amide bonds. The van der Waals surface area contributed by atoms with Gasteiger partial charge in [-0.2, -0.15) is 5.26 Å². The summed E-state index contributed by atoms with van der Waals surface area (Å²) in [5.41, 5.74) is 0.643. The van der Waals surface area contributed by atoms with Gasteiger partial charge in [0.1, 0.15) is 18.5 Å². The molecule has 0 unspecified atom stereocenters. The second kappa shape index (κ2) is 5.08. The van der Waals surface area contributed by atoms with Crippen molar-refractivity contribution in [2.24, 2.45) is 0 Å². The van der Waals surface area contributed by atoms with E-state index in [1.807, 2.05) is 6.07 Å². The quantitative estimate of drug-likeness (QED) is 0.811. The van der Waals surface area contributed by atoms with Crippen LogP contribution in [0.4, 0.5) is 4.39 Å². The molecule has 0 saturated carbocycles. The molecule has 0 saturated heterocycles. The Bertz CT molecular complexity index is 563. The maximum absolute atomic E-state index is 13.3. The molecule has 17 heavy (non-hydrogen) atoms. The SMILES string of the molecule is N#Cc1ncccc1OCc1ccccc1F. The summed E-state index contributed by atoms with van der Waals surface area (Å²) in [4.78, 5) is 3.85. The van der Waals surface area contributed by atoms with E-state index in [1.165, 1.54) is 12.3 Å². The van der Waals surface area contributed by atoms with Crippen LogP contribution in [0.5, 0.6) is 5.75 Å². The number of halogens is 1. The molecular formula is C13H9FN2O. The van der Waals surface area contributed by atoms with Crippen LogP contribution in [0.2, 0.25) is 0 Å². The van der Waals surface area contributed by atoms with Gasteiger partial charge in [0.25, 0.3) is 0 Å². The summed E-state index contributed by atoms with van der Waals surface area (Å²) in [7, 11) is 0. The summed E-state index contributed by atoms with van der Waals surface area (Å²) in [6.07, 6.45) is 1.51. The van der Waals surface area contributed by atoms with E-state index >= 15 is 0 Å². The smallest absolute Gasteiger partial charge is 0.182 e. The molecule has 0 bridgehead atoms. The molecule has 3 nitrogen and oxygen atoms in total. The zero-order valence-corrected chi connectivity index (χ0v) is 8.93. The third kappa shape index (κ3) is 2.58. The van der Waals surface area contributed by atoms with Crippen LogP contribution in [0.15, 0.2) is 42.6 Å². The summed E-state index contributed by atoms with van der Waals surface area (Å²) in [5.74, 6) is 0.0353. The van der Waals surface area contributed by atoms with Crippen molar-refractivity contribution in [3.05, 3.63) is 59.7 Å². The largest absolute Gasteiger partial charge is 0.486 e. The fourth-order valence-corrected chi connectivity index (χ4v) is 1.36. The highest BCUT2D eigenvalue weighted by atomic mass is 19.1. The van der Waals surface area contributed by atoms with Crippen molar-refractivity contribution in [1.82, 2.24) is 4.98 Å². The number of hydrogen-bond donors (Lipinski definition) is 0. The highest BCUT2D eigenvalue weighted by Gasteiger charge is 2.05. The first-order valence-corrected chi connectivity index (χ1v) is 5.02. The molecule has 2 aromatic rings. The topological polar surface area (TPSA) is 45.9 Å². The van der Waals surface area contributed by atoms with Gasteiger partial charge in [-0.1, -0.05) is 18.2 Å². The molecule has 1 aromatic heterocycles. The lowest BCUT2D eigenvalue weighted by Crippen LogP contribution is -2.00. The number of aromatic nitrogens is 1. The number of ether oxygens (including phenoxy) is 1. The van der Waals surface area contributed by atoms with E-state index in [9.17, 15) is 4.39 Å². The summed E-state index contributed by atoms with van der Waals surface area (Å²) in [6.45, 7) is 0.0764. The number of rotatable bonds is 3. The Hall–Kier alpha value is -2.41. The average molecular weight is 228 g/mol. The molecule has 1 heterocycles. The van der Waals surface area contributed by atoms with E-state index in [0.717, 1.165) is 0 Å². The number of hydrogen-bond acceptors (Lipinski definition) is 3. The number of nitriles is 1. The van der Waals surface area contributed by atoms with Crippen LogP contribution in [0, 0.1) is 17.1 Å². The van der Waals surface area contributed by atoms with E-state index in [2.05, 4.69) is 4.98 Å². The van der Waals surface area contributed by atoms with E-state index < -0.39 is 0 Å². The van der Waals surface area contributed by atoms with Crippen molar-refractivity contribution in [1.29, 1.82) is 5.26 Å². The predicted octanol–water partition coefficient (Wildman–Crippen LogP) is 2.67. The Balaban J connectivity index is 2.13. The molecule has 0 atom stereocenters. The van der Waals surface area contributed by atoms with Crippen molar-refractivity contribution in [3.63, 3.8) is 0 Å². The summed E-state index contributed by atoms with van der Waals surface area (Å²) in [6, 6.07) is 11.6. The Morgan fingerprint density at radius 1 is 1.24 bits per heavy atom. The van der Waals surface area contributed by atoms with E-state index in [0.29, 0.717) is 11.3 Å². The molecule has 0 aliphatic rings. The zero-order chi connectivity index (χ0) is 12.1. The maximum Gasteiger partial charge on any atom is 0.182 e. The third-order valence-electron chi connectivity index (χ3n) is 2.22. The van der Waals surface area contributed by atoms with Crippen LogP contribution in [0.3, 0.4) is 0 Å². The monoisotopic (exact) mass is 228 g/mol. The highest BCUT2D eigenvalue weighted by Crippen LogP contribution is 2.16. The van der Waals surface area contributed by atoms with Gasteiger partial charge in [0.15, 0.2) is 11.4 Å². The van der Waals surface area contributed by atoms with E-state index in [1.54, 1.807) is 30.3 Å². The van der Waals surface area contributed by atoms with Gasteiger partial charge in [0, 0.05) is 11.8 Å². The Morgan fingerprint density at radius 3 is 2.82 bits per heavy atom. The average Bonchev–Trinajstić information content (AvgIpc) is 2.38. The number of benzene rings is 1. The molecule has 0 aliphatic heterocycles. The number of nitrogens with zero attached hydrogens (tertiary/aromatic N) is 2. The molecule has 0 aliphatic carbocycles. The molecule has 2 rings (SSSR count). The molecule has 0 fully saturated rings. The minimum absolute atomic E-state index is 0.0764. The maximum atomic E-state index is 13.3. The molecule has 0 N–H and O–H groups in total. The van der Waals surface area contributed by atoms with Gasteiger partial charge < -0.3 is 4.74 Å². The summed E-state index contributed by atoms with van der Waals surface area (Å²) >= 11 is 0. The summed E-state index contributed by atoms with van der Waals surface area (Å²) in [5, 5.41) is 8.80. The standard InChI is InChI=1S/C13H9FN2O/c14-11-5-2-1-4-10(11)9-17-13-6-3-7-16-12(13)8-15/h1-7H,9H2.